The molecule has 0 atom stereocenters. The predicted octanol–water partition coefficient (Wildman–Crippen LogP) is -0.420. The second-order valence-corrected chi connectivity index (χ2v) is 4.30. The summed E-state index contributed by atoms with van der Waals surface area (Å²) in [6, 6.07) is 0. The van der Waals surface area contributed by atoms with E-state index in [2.05, 4.69) is 30.2 Å². The number of hydrogen-bond acceptors (Lipinski definition) is 7. The van der Waals surface area contributed by atoms with Crippen molar-refractivity contribution in [3.05, 3.63) is 18.1 Å². The molecular weight excluding hydrogens is 246 g/mol. The molecule has 0 bridgehead atoms. The fourth-order valence-corrected chi connectivity index (χ4v) is 1.91. The number of nitrogens with zero attached hydrogens (tertiary/aromatic N) is 3. The number of carbonyl (C=O) groups is 1. The second-order valence-electron chi connectivity index (χ2n) is 4.30. The van der Waals surface area contributed by atoms with Gasteiger partial charge in [-0.1, -0.05) is 0 Å². The molecule has 19 heavy (non-hydrogen) atoms. The van der Waals surface area contributed by atoms with Crippen molar-refractivity contribution >= 4 is 11.8 Å². The predicted molar refractivity (Wildman–Crippen MR) is 71.2 cm³/mol. The minimum absolute atomic E-state index is 0.218. The summed E-state index contributed by atoms with van der Waals surface area (Å²) in [5.41, 5.74) is 0.218. The lowest BCUT2D eigenvalue weighted by molar-refractivity contribution is 0.0593. The molecule has 1 saturated heterocycles. The van der Waals surface area contributed by atoms with Gasteiger partial charge in [0.2, 0.25) is 0 Å². The summed E-state index contributed by atoms with van der Waals surface area (Å²) in [7, 11) is 1.32. The molecule has 1 aromatic heterocycles. The van der Waals surface area contributed by atoms with Crippen LogP contribution in [0.25, 0.3) is 0 Å². The number of anilines is 1. The van der Waals surface area contributed by atoms with E-state index in [1.54, 1.807) is 6.20 Å². The lowest BCUT2D eigenvalue weighted by atomic mass is 10.3. The molecule has 0 saturated carbocycles. The zero-order chi connectivity index (χ0) is 13.5. The van der Waals surface area contributed by atoms with Crippen LogP contribution in [0.3, 0.4) is 0 Å². The van der Waals surface area contributed by atoms with Gasteiger partial charge in [0.15, 0.2) is 5.69 Å². The summed E-state index contributed by atoms with van der Waals surface area (Å²) in [4.78, 5) is 21.7. The Balaban J connectivity index is 1.75. The summed E-state index contributed by atoms with van der Waals surface area (Å²) >= 11 is 0. The first kappa shape index (κ1) is 13.7. The molecular formula is C12H19N5O2. The van der Waals surface area contributed by atoms with E-state index in [9.17, 15) is 4.79 Å². The number of ether oxygens (including phenoxy) is 1. The second kappa shape index (κ2) is 7.01. The molecule has 7 heteroatoms. The molecule has 0 amide bonds. The van der Waals surface area contributed by atoms with Crippen LogP contribution in [0, 0.1) is 0 Å². The number of hydrogen-bond donors (Lipinski definition) is 2. The highest BCUT2D eigenvalue weighted by Gasteiger charge is 2.09. The van der Waals surface area contributed by atoms with E-state index in [1.807, 2.05) is 0 Å². The maximum absolute atomic E-state index is 11.2. The molecule has 0 aromatic carbocycles. The minimum atomic E-state index is -0.472. The minimum Gasteiger partial charge on any atom is -0.464 e. The Morgan fingerprint density at radius 1 is 1.42 bits per heavy atom. The van der Waals surface area contributed by atoms with Crippen molar-refractivity contribution in [2.75, 3.05) is 51.7 Å². The van der Waals surface area contributed by atoms with Crippen LogP contribution in [0.4, 0.5) is 5.82 Å². The van der Waals surface area contributed by atoms with Gasteiger partial charge >= 0.3 is 5.97 Å². The lowest BCUT2D eigenvalue weighted by Crippen LogP contribution is -2.45. The third kappa shape index (κ3) is 4.15. The molecule has 104 valence electrons. The van der Waals surface area contributed by atoms with Crippen LogP contribution in [0.15, 0.2) is 12.4 Å². The van der Waals surface area contributed by atoms with E-state index < -0.39 is 5.97 Å². The van der Waals surface area contributed by atoms with Crippen molar-refractivity contribution in [3.63, 3.8) is 0 Å². The van der Waals surface area contributed by atoms with Gasteiger partial charge in [0.25, 0.3) is 0 Å². The maximum atomic E-state index is 11.2. The van der Waals surface area contributed by atoms with Crippen LogP contribution < -0.4 is 10.6 Å². The fraction of sp³-hybridized carbons (Fsp3) is 0.583. The number of piperazine rings is 1. The molecule has 2 N–H and O–H groups in total. The van der Waals surface area contributed by atoms with Crippen LogP contribution in [0.1, 0.15) is 10.5 Å². The van der Waals surface area contributed by atoms with Gasteiger partial charge < -0.3 is 15.4 Å². The fourth-order valence-electron chi connectivity index (χ4n) is 1.91. The van der Waals surface area contributed by atoms with Crippen molar-refractivity contribution in [3.8, 4) is 0 Å². The Morgan fingerprint density at radius 2 is 2.21 bits per heavy atom. The topological polar surface area (TPSA) is 79.4 Å². The Kier molecular flexibility index (Phi) is 5.05. The number of methoxy groups -OCH3 is 1. The largest absolute Gasteiger partial charge is 0.464 e. The Bertz CT molecular complexity index is 403. The Morgan fingerprint density at radius 3 is 2.84 bits per heavy atom. The van der Waals surface area contributed by atoms with Crippen LogP contribution in [0.2, 0.25) is 0 Å². The average Bonchev–Trinajstić information content (AvgIpc) is 2.48. The monoisotopic (exact) mass is 265 g/mol. The summed E-state index contributed by atoms with van der Waals surface area (Å²) in [6.45, 7) is 6.04. The lowest BCUT2D eigenvalue weighted by Gasteiger charge is -2.27. The molecule has 0 aliphatic carbocycles. The highest BCUT2D eigenvalue weighted by Crippen LogP contribution is 2.02. The van der Waals surface area contributed by atoms with Gasteiger partial charge in [-0.25, -0.2) is 14.8 Å². The maximum Gasteiger partial charge on any atom is 0.358 e. The highest BCUT2D eigenvalue weighted by atomic mass is 16.5. The molecule has 1 fully saturated rings. The molecule has 2 heterocycles. The van der Waals surface area contributed by atoms with Crippen molar-refractivity contribution in [2.45, 2.75) is 0 Å². The van der Waals surface area contributed by atoms with Crippen molar-refractivity contribution in [1.82, 2.24) is 20.2 Å². The molecule has 0 spiro atoms. The quantitative estimate of drug-likeness (QED) is 0.700. The number of nitrogens with one attached hydrogen (secondary N) is 2. The van der Waals surface area contributed by atoms with Gasteiger partial charge in [0.1, 0.15) is 5.82 Å². The smallest absolute Gasteiger partial charge is 0.358 e. The molecule has 1 aromatic rings. The van der Waals surface area contributed by atoms with Crippen molar-refractivity contribution in [2.24, 2.45) is 0 Å². The van der Waals surface area contributed by atoms with Gasteiger partial charge in [0, 0.05) is 39.3 Å². The molecule has 1 aliphatic rings. The normalized spacial score (nSPS) is 16.1. The van der Waals surface area contributed by atoms with Gasteiger partial charge in [-0.05, 0) is 0 Å². The number of rotatable bonds is 5. The third-order valence-electron chi connectivity index (χ3n) is 2.99. The zero-order valence-electron chi connectivity index (χ0n) is 11.1. The van der Waals surface area contributed by atoms with E-state index in [0.29, 0.717) is 5.82 Å². The van der Waals surface area contributed by atoms with Crippen LogP contribution in [-0.2, 0) is 4.74 Å². The first-order chi connectivity index (χ1) is 9.29. The average molecular weight is 265 g/mol. The number of carbonyl (C=O) groups excluding carboxylic acids is 1. The van der Waals surface area contributed by atoms with Gasteiger partial charge in [0.05, 0.1) is 19.5 Å². The van der Waals surface area contributed by atoms with E-state index in [1.165, 1.54) is 13.3 Å². The van der Waals surface area contributed by atoms with Gasteiger partial charge in [-0.3, -0.25) is 4.90 Å². The molecule has 0 radical (unpaired) electrons. The first-order valence-corrected chi connectivity index (χ1v) is 6.37. The van der Waals surface area contributed by atoms with E-state index in [0.717, 1.165) is 39.3 Å². The van der Waals surface area contributed by atoms with E-state index in [-0.39, 0.29) is 5.69 Å². The van der Waals surface area contributed by atoms with Gasteiger partial charge in [-0.15, -0.1) is 0 Å². The molecule has 7 nitrogen and oxygen atoms in total. The Labute approximate surface area is 112 Å². The zero-order valence-corrected chi connectivity index (χ0v) is 11.1. The molecule has 0 unspecified atom stereocenters. The SMILES string of the molecule is COC(=O)c1cnc(NCCN2CCNCC2)cn1. The molecule has 2 rings (SSSR count). The first-order valence-electron chi connectivity index (χ1n) is 6.37. The summed E-state index contributed by atoms with van der Waals surface area (Å²) < 4.78 is 4.56. The molecule has 1 aliphatic heterocycles. The summed E-state index contributed by atoms with van der Waals surface area (Å²) in [5, 5.41) is 6.51. The standard InChI is InChI=1S/C12H19N5O2/c1-19-12(18)10-8-16-11(9-15-10)14-4-7-17-5-2-13-3-6-17/h8-9,13H,2-7H2,1H3,(H,14,16). The van der Waals surface area contributed by atoms with E-state index in [4.69, 9.17) is 0 Å². The van der Waals surface area contributed by atoms with Crippen molar-refractivity contribution in [1.29, 1.82) is 0 Å². The third-order valence-corrected chi connectivity index (χ3v) is 2.99. The van der Waals surface area contributed by atoms with E-state index >= 15 is 0 Å². The highest BCUT2D eigenvalue weighted by molar-refractivity contribution is 5.86. The summed E-state index contributed by atoms with van der Waals surface area (Å²) in [5.74, 6) is 0.197. The number of esters is 1. The van der Waals surface area contributed by atoms with Crippen LogP contribution in [0.5, 0.6) is 0 Å². The van der Waals surface area contributed by atoms with Crippen molar-refractivity contribution < 1.29 is 9.53 Å². The Hall–Kier alpha value is -1.73. The van der Waals surface area contributed by atoms with Gasteiger partial charge in [-0.2, -0.15) is 0 Å². The summed E-state index contributed by atoms with van der Waals surface area (Å²) in [6.07, 6.45) is 2.96. The number of aromatic nitrogens is 2. The van der Waals surface area contributed by atoms with Crippen LogP contribution >= 0.6 is 0 Å². The van der Waals surface area contributed by atoms with Crippen LogP contribution in [-0.4, -0.2) is 67.2 Å².